The maximum Gasteiger partial charge on any atom is 0.238 e. The highest BCUT2D eigenvalue weighted by atomic mass is 32.2. The maximum atomic E-state index is 11.4. The van der Waals surface area contributed by atoms with Gasteiger partial charge in [-0.3, -0.25) is 0 Å². The zero-order valence-electron chi connectivity index (χ0n) is 15.9. The molecule has 1 heterocycles. The Morgan fingerprint density at radius 2 is 1.70 bits per heavy atom. The molecule has 4 rings (SSSR count). The molecule has 0 aliphatic rings. The maximum absolute atomic E-state index is 11.4. The van der Waals surface area contributed by atoms with Crippen LogP contribution in [0.25, 0.3) is 10.9 Å². The average Bonchev–Trinajstić information content (AvgIpc) is 2.74. The van der Waals surface area contributed by atoms with Crippen molar-refractivity contribution in [2.75, 3.05) is 12.4 Å². The van der Waals surface area contributed by atoms with Crippen molar-refractivity contribution in [2.45, 2.75) is 4.90 Å². The molecule has 0 aliphatic carbocycles. The van der Waals surface area contributed by atoms with Gasteiger partial charge in [-0.2, -0.15) is 0 Å². The molecule has 0 spiro atoms. The van der Waals surface area contributed by atoms with E-state index in [1.54, 1.807) is 31.5 Å². The molecule has 30 heavy (non-hydrogen) atoms. The Balaban J connectivity index is 1.64. The Morgan fingerprint density at radius 1 is 0.967 bits per heavy atom. The Morgan fingerprint density at radius 3 is 2.43 bits per heavy atom. The lowest BCUT2D eigenvalue weighted by molar-refractivity contribution is 0.409. The lowest BCUT2D eigenvalue weighted by Crippen LogP contribution is -2.11. The number of primary sulfonamides is 1. The SMILES string of the molecule is COc1cccc(Oc2cccc3cnc(Nc4ccc(S(N)(=O)=O)cc4)nc23)c1. The van der Waals surface area contributed by atoms with E-state index < -0.39 is 10.0 Å². The van der Waals surface area contributed by atoms with Crippen LogP contribution < -0.4 is 19.9 Å². The standard InChI is InChI=1S/C21H18N4O4S/c1-28-16-5-3-6-17(12-16)29-19-7-2-4-14-13-23-21(25-20(14)19)24-15-8-10-18(11-9-15)30(22,26)27/h2-13H,1H3,(H2,22,26,27)(H,23,24,25). The van der Waals surface area contributed by atoms with E-state index >= 15 is 0 Å². The lowest BCUT2D eigenvalue weighted by Gasteiger charge is -2.11. The van der Waals surface area contributed by atoms with E-state index in [0.717, 1.165) is 5.39 Å². The summed E-state index contributed by atoms with van der Waals surface area (Å²) < 4.78 is 34.0. The molecule has 3 aromatic carbocycles. The molecule has 8 nitrogen and oxygen atoms in total. The third-order valence-corrected chi connectivity index (χ3v) is 5.21. The van der Waals surface area contributed by atoms with Crippen LogP contribution in [0.15, 0.2) is 77.8 Å². The third-order valence-electron chi connectivity index (χ3n) is 4.28. The van der Waals surface area contributed by atoms with E-state index in [9.17, 15) is 8.42 Å². The summed E-state index contributed by atoms with van der Waals surface area (Å²) in [5, 5.41) is 8.99. The molecular formula is C21H18N4O4S. The highest BCUT2D eigenvalue weighted by Gasteiger charge is 2.10. The summed E-state index contributed by atoms with van der Waals surface area (Å²) in [6.07, 6.45) is 1.68. The number of para-hydroxylation sites is 1. The van der Waals surface area contributed by atoms with Gasteiger partial charge in [0.1, 0.15) is 17.0 Å². The van der Waals surface area contributed by atoms with Crippen LogP contribution in [0.4, 0.5) is 11.6 Å². The first-order valence-corrected chi connectivity index (χ1v) is 10.4. The van der Waals surface area contributed by atoms with Crippen LogP contribution in [0.2, 0.25) is 0 Å². The van der Waals surface area contributed by atoms with Gasteiger partial charge in [0, 0.05) is 23.3 Å². The van der Waals surface area contributed by atoms with Gasteiger partial charge < -0.3 is 14.8 Å². The van der Waals surface area contributed by atoms with Gasteiger partial charge in [0.25, 0.3) is 0 Å². The summed E-state index contributed by atoms with van der Waals surface area (Å²) in [6.45, 7) is 0. The number of fused-ring (bicyclic) bond motifs is 1. The average molecular weight is 422 g/mol. The molecule has 4 aromatic rings. The van der Waals surface area contributed by atoms with Gasteiger partial charge in [-0.1, -0.05) is 18.2 Å². The van der Waals surface area contributed by atoms with Gasteiger partial charge in [-0.15, -0.1) is 0 Å². The predicted molar refractivity (Wildman–Crippen MR) is 114 cm³/mol. The van der Waals surface area contributed by atoms with Crippen LogP contribution in [0.5, 0.6) is 17.2 Å². The van der Waals surface area contributed by atoms with Crippen LogP contribution in [0.1, 0.15) is 0 Å². The zero-order chi connectivity index (χ0) is 21.1. The van der Waals surface area contributed by atoms with E-state index in [0.29, 0.717) is 34.4 Å². The fraction of sp³-hybridized carbons (Fsp3) is 0.0476. The van der Waals surface area contributed by atoms with Gasteiger partial charge in [-0.05, 0) is 42.5 Å². The number of rotatable bonds is 6. The van der Waals surface area contributed by atoms with Crippen LogP contribution in [0, 0.1) is 0 Å². The first-order valence-electron chi connectivity index (χ1n) is 8.90. The minimum absolute atomic E-state index is 0.0291. The van der Waals surface area contributed by atoms with Gasteiger partial charge in [0.05, 0.1) is 12.0 Å². The number of hydrogen-bond donors (Lipinski definition) is 2. The van der Waals surface area contributed by atoms with E-state index in [-0.39, 0.29) is 4.90 Å². The molecule has 0 aliphatic heterocycles. The second kappa shape index (κ2) is 7.97. The lowest BCUT2D eigenvalue weighted by atomic mass is 10.2. The number of ether oxygens (including phenoxy) is 2. The number of benzene rings is 3. The first-order chi connectivity index (χ1) is 14.4. The second-order valence-electron chi connectivity index (χ2n) is 6.36. The van der Waals surface area contributed by atoms with E-state index in [1.807, 2.05) is 36.4 Å². The van der Waals surface area contributed by atoms with Crippen molar-refractivity contribution in [3.8, 4) is 17.2 Å². The molecule has 0 saturated carbocycles. The van der Waals surface area contributed by atoms with Crippen molar-refractivity contribution in [2.24, 2.45) is 5.14 Å². The zero-order valence-corrected chi connectivity index (χ0v) is 16.8. The topological polar surface area (TPSA) is 116 Å². The third kappa shape index (κ3) is 4.32. The molecule has 0 saturated heterocycles. The van der Waals surface area contributed by atoms with Gasteiger partial charge in [0.2, 0.25) is 16.0 Å². The van der Waals surface area contributed by atoms with Crippen LogP contribution in [-0.4, -0.2) is 25.5 Å². The van der Waals surface area contributed by atoms with E-state index in [4.69, 9.17) is 14.6 Å². The molecule has 0 atom stereocenters. The number of nitrogens with two attached hydrogens (primary N) is 1. The van der Waals surface area contributed by atoms with Crippen molar-refractivity contribution < 1.29 is 17.9 Å². The minimum atomic E-state index is -3.75. The van der Waals surface area contributed by atoms with Crippen molar-refractivity contribution in [1.29, 1.82) is 0 Å². The Hall–Kier alpha value is -3.69. The molecule has 0 unspecified atom stereocenters. The van der Waals surface area contributed by atoms with Gasteiger partial charge >= 0.3 is 0 Å². The molecule has 0 amide bonds. The summed E-state index contributed by atoms with van der Waals surface area (Å²) in [6, 6.07) is 18.9. The quantitative estimate of drug-likeness (QED) is 0.485. The highest BCUT2D eigenvalue weighted by Crippen LogP contribution is 2.31. The summed E-state index contributed by atoms with van der Waals surface area (Å²) in [4.78, 5) is 8.90. The minimum Gasteiger partial charge on any atom is -0.497 e. The van der Waals surface area contributed by atoms with E-state index in [1.165, 1.54) is 12.1 Å². The van der Waals surface area contributed by atoms with E-state index in [2.05, 4.69) is 15.3 Å². The Labute approximate surface area is 173 Å². The fourth-order valence-electron chi connectivity index (χ4n) is 2.82. The molecule has 1 aromatic heterocycles. The molecule has 9 heteroatoms. The number of nitrogens with one attached hydrogen (secondary N) is 1. The number of sulfonamides is 1. The van der Waals surface area contributed by atoms with Crippen molar-refractivity contribution in [3.63, 3.8) is 0 Å². The predicted octanol–water partition coefficient (Wildman–Crippen LogP) is 3.82. The van der Waals surface area contributed by atoms with Crippen LogP contribution in [0.3, 0.4) is 0 Å². The first kappa shape index (κ1) is 19.6. The molecule has 0 radical (unpaired) electrons. The number of aromatic nitrogens is 2. The normalized spacial score (nSPS) is 11.3. The Bertz CT molecular complexity index is 1310. The summed E-state index contributed by atoms with van der Waals surface area (Å²) in [5.41, 5.74) is 1.24. The van der Waals surface area contributed by atoms with Crippen molar-refractivity contribution in [1.82, 2.24) is 9.97 Å². The number of hydrogen-bond acceptors (Lipinski definition) is 7. The smallest absolute Gasteiger partial charge is 0.238 e. The monoisotopic (exact) mass is 422 g/mol. The summed E-state index contributed by atoms with van der Waals surface area (Å²) in [5.74, 6) is 2.21. The van der Waals surface area contributed by atoms with Crippen LogP contribution in [-0.2, 0) is 10.0 Å². The molecule has 0 fully saturated rings. The van der Waals surface area contributed by atoms with Gasteiger partial charge in [0.15, 0.2) is 5.75 Å². The molecular weight excluding hydrogens is 404 g/mol. The fourth-order valence-corrected chi connectivity index (χ4v) is 3.34. The molecule has 0 bridgehead atoms. The van der Waals surface area contributed by atoms with Crippen molar-refractivity contribution >= 4 is 32.6 Å². The molecule has 3 N–H and O–H groups in total. The second-order valence-corrected chi connectivity index (χ2v) is 7.92. The van der Waals surface area contributed by atoms with Crippen LogP contribution >= 0.6 is 0 Å². The van der Waals surface area contributed by atoms with Crippen molar-refractivity contribution in [3.05, 3.63) is 72.9 Å². The molecule has 152 valence electrons. The van der Waals surface area contributed by atoms with Gasteiger partial charge in [-0.25, -0.2) is 23.5 Å². The summed E-state index contributed by atoms with van der Waals surface area (Å²) >= 11 is 0. The Kier molecular flexibility index (Phi) is 5.21. The number of nitrogens with zero attached hydrogens (tertiary/aromatic N) is 2. The highest BCUT2D eigenvalue weighted by molar-refractivity contribution is 7.89. The number of methoxy groups -OCH3 is 1. The summed E-state index contributed by atoms with van der Waals surface area (Å²) in [7, 11) is -2.15. The number of anilines is 2. The largest absolute Gasteiger partial charge is 0.497 e.